The van der Waals surface area contributed by atoms with Crippen LogP contribution in [0, 0.1) is 17.3 Å². The third-order valence-corrected chi connectivity index (χ3v) is 5.59. The summed E-state index contributed by atoms with van der Waals surface area (Å²) in [4.78, 5) is 2.77. The van der Waals surface area contributed by atoms with Crippen LogP contribution in [0.4, 0.5) is 0 Å². The molecule has 2 saturated carbocycles. The Morgan fingerprint density at radius 1 is 1.11 bits per heavy atom. The lowest BCUT2D eigenvalue weighted by Gasteiger charge is -2.38. The molecule has 0 atom stereocenters. The first-order chi connectivity index (χ1) is 8.80. The first-order valence-electron chi connectivity index (χ1n) is 8.10. The lowest BCUT2D eigenvalue weighted by molar-refractivity contribution is 0.0376. The summed E-state index contributed by atoms with van der Waals surface area (Å²) in [5, 5.41) is 0. The summed E-state index contributed by atoms with van der Waals surface area (Å²) in [5.41, 5.74) is 0.758. The van der Waals surface area contributed by atoms with Gasteiger partial charge in [0.15, 0.2) is 0 Å². The van der Waals surface area contributed by atoms with Crippen molar-refractivity contribution in [3.63, 3.8) is 0 Å². The smallest absolute Gasteiger partial charge is 0.0494 e. The highest BCUT2D eigenvalue weighted by atomic mass is 16.5. The average Bonchev–Trinajstić information content (AvgIpc) is 2.93. The summed E-state index contributed by atoms with van der Waals surface area (Å²) in [6.07, 6.45) is 10.3. The van der Waals surface area contributed by atoms with Crippen molar-refractivity contribution in [2.24, 2.45) is 17.3 Å². The highest BCUT2D eigenvalue weighted by Crippen LogP contribution is 2.46. The minimum absolute atomic E-state index is 0.758. The van der Waals surface area contributed by atoms with E-state index in [4.69, 9.17) is 4.74 Å². The summed E-state index contributed by atoms with van der Waals surface area (Å²) in [5.74, 6) is 1.85. The summed E-state index contributed by atoms with van der Waals surface area (Å²) in [6.45, 7) is 8.17. The average molecular weight is 251 g/mol. The van der Waals surface area contributed by atoms with E-state index in [1.807, 2.05) is 0 Å². The molecule has 2 nitrogen and oxygen atoms in total. The Bertz CT molecular complexity index is 266. The second-order valence-electron chi connectivity index (χ2n) is 7.06. The normalized spacial score (nSPS) is 35.2. The van der Waals surface area contributed by atoms with E-state index in [2.05, 4.69) is 11.8 Å². The minimum atomic E-state index is 0.758. The molecule has 1 aliphatic heterocycles. The van der Waals surface area contributed by atoms with E-state index in [0.717, 1.165) is 30.5 Å². The molecule has 0 aromatic rings. The molecule has 3 rings (SSSR count). The third kappa shape index (κ3) is 2.75. The molecule has 0 unspecified atom stereocenters. The van der Waals surface area contributed by atoms with Crippen molar-refractivity contribution >= 4 is 0 Å². The summed E-state index contributed by atoms with van der Waals surface area (Å²) in [7, 11) is 0. The number of rotatable bonds is 5. The van der Waals surface area contributed by atoms with Crippen LogP contribution in [0.1, 0.15) is 51.9 Å². The maximum absolute atomic E-state index is 5.52. The molecule has 2 heteroatoms. The van der Waals surface area contributed by atoms with Gasteiger partial charge in [-0.2, -0.15) is 0 Å². The second-order valence-corrected chi connectivity index (χ2v) is 7.06. The highest BCUT2D eigenvalue weighted by molar-refractivity contribution is 4.94. The Morgan fingerprint density at radius 2 is 1.89 bits per heavy atom. The molecule has 0 amide bonds. The van der Waals surface area contributed by atoms with Gasteiger partial charge in [-0.25, -0.2) is 0 Å². The zero-order valence-corrected chi connectivity index (χ0v) is 12.0. The zero-order valence-electron chi connectivity index (χ0n) is 12.0. The molecule has 0 bridgehead atoms. The van der Waals surface area contributed by atoms with Crippen molar-refractivity contribution in [3.05, 3.63) is 0 Å². The van der Waals surface area contributed by atoms with Gasteiger partial charge >= 0.3 is 0 Å². The molecule has 2 aliphatic carbocycles. The zero-order chi connectivity index (χ0) is 12.4. The molecule has 1 heterocycles. The molecule has 1 saturated heterocycles. The van der Waals surface area contributed by atoms with Gasteiger partial charge in [0.1, 0.15) is 0 Å². The van der Waals surface area contributed by atoms with Crippen LogP contribution >= 0.6 is 0 Å². The Morgan fingerprint density at radius 3 is 2.61 bits per heavy atom. The predicted molar refractivity (Wildman–Crippen MR) is 74.7 cm³/mol. The molecule has 0 aromatic heterocycles. The van der Waals surface area contributed by atoms with Crippen molar-refractivity contribution in [1.82, 2.24) is 4.90 Å². The quantitative estimate of drug-likeness (QED) is 0.743. The van der Waals surface area contributed by atoms with Crippen LogP contribution in [0.3, 0.4) is 0 Å². The van der Waals surface area contributed by atoms with E-state index >= 15 is 0 Å². The van der Waals surface area contributed by atoms with Gasteiger partial charge in [0.2, 0.25) is 0 Å². The van der Waals surface area contributed by atoms with E-state index in [1.165, 1.54) is 64.6 Å². The second kappa shape index (κ2) is 5.50. The van der Waals surface area contributed by atoms with Gasteiger partial charge in [-0.15, -0.1) is 0 Å². The van der Waals surface area contributed by atoms with Gasteiger partial charge in [-0.1, -0.05) is 12.8 Å². The van der Waals surface area contributed by atoms with Gasteiger partial charge in [-0.3, -0.25) is 0 Å². The van der Waals surface area contributed by atoms with Gasteiger partial charge in [-0.05, 0) is 62.8 Å². The van der Waals surface area contributed by atoms with Crippen molar-refractivity contribution in [2.75, 3.05) is 32.8 Å². The lowest BCUT2D eigenvalue weighted by atomic mass is 9.75. The van der Waals surface area contributed by atoms with Crippen LogP contribution in [0.15, 0.2) is 0 Å². The standard InChI is InChI=1S/C16H29NO/c1-2-18-12-15-9-14(10-15)11-17-8-7-16(13-17)5-3-4-6-16/h14-15H,2-13H2,1H3. The fourth-order valence-electron chi connectivity index (χ4n) is 4.53. The Labute approximate surface area is 112 Å². The van der Waals surface area contributed by atoms with Crippen LogP contribution in [-0.2, 0) is 4.74 Å². The van der Waals surface area contributed by atoms with Crippen molar-refractivity contribution < 1.29 is 4.74 Å². The number of hydrogen-bond acceptors (Lipinski definition) is 2. The maximum Gasteiger partial charge on any atom is 0.0494 e. The summed E-state index contributed by atoms with van der Waals surface area (Å²) in [6, 6.07) is 0. The first kappa shape index (κ1) is 12.9. The fourth-order valence-corrected chi connectivity index (χ4v) is 4.53. The maximum atomic E-state index is 5.52. The molecule has 3 aliphatic rings. The van der Waals surface area contributed by atoms with E-state index in [1.54, 1.807) is 0 Å². The molecular formula is C16H29NO. The van der Waals surface area contributed by atoms with Crippen LogP contribution in [0.2, 0.25) is 0 Å². The van der Waals surface area contributed by atoms with E-state index in [0.29, 0.717) is 0 Å². The number of hydrogen-bond donors (Lipinski definition) is 0. The molecular weight excluding hydrogens is 222 g/mol. The monoisotopic (exact) mass is 251 g/mol. The van der Waals surface area contributed by atoms with E-state index in [9.17, 15) is 0 Å². The Balaban J connectivity index is 1.36. The lowest BCUT2D eigenvalue weighted by Crippen LogP contribution is -2.37. The topological polar surface area (TPSA) is 12.5 Å². The number of nitrogens with zero attached hydrogens (tertiary/aromatic N) is 1. The van der Waals surface area contributed by atoms with Gasteiger partial charge in [0, 0.05) is 26.3 Å². The minimum Gasteiger partial charge on any atom is -0.381 e. The Hall–Kier alpha value is -0.0800. The molecule has 0 N–H and O–H groups in total. The van der Waals surface area contributed by atoms with Crippen LogP contribution in [-0.4, -0.2) is 37.7 Å². The molecule has 0 aromatic carbocycles. The van der Waals surface area contributed by atoms with Crippen LogP contribution in [0.5, 0.6) is 0 Å². The largest absolute Gasteiger partial charge is 0.381 e. The third-order valence-electron chi connectivity index (χ3n) is 5.59. The van der Waals surface area contributed by atoms with Gasteiger partial charge < -0.3 is 9.64 Å². The Kier molecular flexibility index (Phi) is 3.95. The van der Waals surface area contributed by atoms with Gasteiger partial charge in [0.25, 0.3) is 0 Å². The van der Waals surface area contributed by atoms with E-state index < -0.39 is 0 Å². The number of likely N-dealkylation sites (tertiary alicyclic amines) is 1. The van der Waals surface area contributed by atoms with Crippen LogP contribution in [0.25, 0.3) is 0 Å². The molecule has 1 spiro atoms. The van der Waals surface area contributed by atoms with E-state index in [-0.39, 0.29) is 0 Å². The van der Waals surface area contributed by atoms with Crippen molar-refractivity contribution in [2.45, 2.75) is 51.9 Å². The van der Waals surface area contributed by atoms with Gasteiger partial charge in [0.05, 0.1) is 0 Å². The molecule has 18 heavy (non-hydrogen) atoms. The predicted octanol–water partition coefficient (Wildman–Crippen LogP) is 3.32. The fraction of sp³-hybridized carbons (Fsp3) is 1.00. The molecule has 104 valence electrons. The highest BCUT2D eigenvalue weighted by Gasteiger charge is 2.41. The van der Waals surface area contributed by atoms with Crippen LogP contribution < -0.4 is 0 Å². The first-order valence-corrected chi connectivity index (χ1v) is 8.10. The summed E-state index contributed by atoms with van der Waals surface area (Å²) >= 11 is 0. The summed E-state index contributed by atoms with van der Waals surface area (Å²) < 4.78 is 5.52. The number of ether oxygens (including phenoxy) is 1. The van der Waals surface area contributed by atoms with Crippen molar-refractivity contribution in [3.8, 4) is 0 Å². The van der Waals surface area contributed by atoms with Crippen molar-refractivity contribution in [1.29, 1.82) is 0 Å². The molecule has 3 fully saturated rings. The SMILES string of the molecule is CCOCC1CC(CN2CCC3(CCCC3)C2)C1. The molecule has 0 radical (unpaired) electrons.